The van der Waals surface area contributed by atoms with E-state index in [1.54, 1.807) is 11.1 Å². The minimum absolute atomic E-state index is 0.228. The van der Waals surface area contributed by atoms with Crippen LogP contribution >= 0.6 is 11.3 Å². The number of hydrogen-bond donors (Lipinski definition) is 1. The van der Waals surface area contributed by atoms with E-state index < -0.39 is 0 Å². The number of aryl methyl sites for hydroxylation is 1. The second kappa shape index (κ2) is 7.11. The van der Waals surface area contributed by atoms with Crippen molar-refractivity contribution >= 4 is 32.1 Å². The molecule has 0 amide bonds. The van der Waals surface area contributed by atoms with E-state index in [0.29, 0.717) is 0 Å². The molecule has 2 heteroatoms. The molecule has 2 aliphatic carbocycles. The van der Waals surface area contributed by atoms with Crippen LogP contribution in [0.25, 0.3) is 10.1 Å². The molecule has 1 heterocycles. The predicted molar refractivity (Wildman–Crippen MR) is 147 cm³/mol. The fourth-order valence-electron chi connectivity index (χ4n) is 6.15. The summed E-state index contributed by atoms with van der Waals surface area (Å²) in [5.74, 6) is 0. The van der Waals surface area contributed by atoms with E-state index in [0.717, 1.165) is 0 Å². The van der Waals surface area contributed by atoms with Crippen molar-refractivity contribution in [2.45, 2.75) is 110 Å². The van der Waals surface area contributed by atoms with Gasteiger partial charge in [0.15, 0.2) is 0 Å². The second-order valence-electron chi connectivity index (χ2n) is 13.4. The van der Waals surface area contributed by atoms with Crippen LogP contribution in [0, 0.1) is 6.92 Å². The van der Waals surface area contributed by atoms with Gasteiger partial charge in [-0.25, -0.2) is 0 Å². The fourth-order valence-corrected chi connectivity index (χ4v) is 7.15. The maximum atomic E-state index is 3.83. The van der Waals surface area contributed by atoms with E-state index in [2.05, 4.69) is 98.0 Å². The highest BCUT2D eigenvalue weighted by Crippen LogP contribution is 2.50. The van der Waals surface area contributed by atoms with E-state index >= 15 is 0 Å². The van der Waals surface area contributed by atoms with E-state index in [9.17, 15) is 0 Å². The summed E-state index contributed by atoms with van der Waals surface area (Å²) in [6.07, 6.45) is 5.02. The molecule has 2 aromatic carbocycles. The minimum atomic E-state index is 0.228. The van der Waals surface area contributed by atoms with Crippen molar-refractivity contribution in [3.8, 4) is 0 Å². The maximum absolute atomic E-state index is 3.83. The Morgan fingerprint density at radius 2 is 1.06 bits per heavy atom. The molecule has 1 aromatic heterocycles. The zero-order chi connectivity index (χ0) is 24.0. The lowest BCUT2D eigenvalue weighted by Gasteiger charge is -2.42. The quantitative estimate of drug-likeness (QED) is 0.402. The van der Waals surface area contributed by atoms with Gasteiger partial charge in [0.25, 0.3) is 0 Å². The van der Waals surface area contributed by atoms with Crippen LogP contribution in [0.15, 0.2) is 30.3 Å². The zero-order valence-corrected chi connectivity index (χ0v) is 22.9. The van der Waals surface area contributed by atoms with E-state index in [1.165, 1.54) is 63.1 Å². The molecule has 0 saturated carbocycles. The normalized spacial score (nSPS) is 22.0. The molecule has 0 bridgehead atoms. The van der Waals surface area contributed by atoms with Crippen LogP contribution in [0.4, 0.5) is 10.7 Å². The molecule has 1 N–H and O–H groups in total. The van der Waals surface area contributed by atoms with Gasteiger partial charge in [-0.1, -0.05) is 61.5 Å². The number of fused-ring (bicyclic) bond motifs is 3. The molecule has 5 rings (SSSR count). The predicted octanol–water partition coefficient (Wildman–Crippen LogP) is 9.65. The Morgan fingerprint density at radius 3 is 1.61 bits per heavy atom. The van der Waals surface area contributed by atoms with Gasteiger partial charge in [0.2, 0.25) is 0 Å². The molecule has 0 aliphatic heterocycles. The standard InChI is InChI=1S/C31H41NS/c1-19-14-21-23(30(6,7)12-10-28(21,2)3)17-25(19)32-27-16-20-15-22-24(18-26(20)33-27)31(8,9)13-11-29(22,4)5/h14-18,32H,10-13H2,1-9H3. The molecule has 0 fully saturated rings. The highest BCUT2D eigenvalue weighted by Gasteiger charge is 2.38. The van der Waals surface area contributed by atoms with Crippen LogP contribution in [0.5, 0.6) is 0 Å². The highest BCUT2D eigenvalue weighted by atomic mass is 32.1. The molecule has 0 spiro atoms. The topological polar surface area (TPSA) is 12.0 Å². The first kappa shape index (κ1) is 23.0. The first-order chi connectivity index (χ1) is 15.2. The molecule has 3 aromatic rings. The van der Waals surface area contributed by atoms with Gasteiger partial charge in [0, 0.05) is 10.4 Å². The average Bonchev–Trinajstić information content (AvgIpc) is 3.11. The molecular formula is C31H41NS. The molecule has 0 atom stereocenters. The van der Waals surface area contributed by atoms with Crippen molar-refractivity contribution in [2.24, 2.45) is 0 Å². The monoisotopic (exact) mass is 459 g/mol. The van der Waals surface area contributed by atoms with Crippen LogP contribution in [0.3, 0.4) is 0 Å². The van der Waals surface area contributed by atoms with E-state index in [1.807, 2.05) is 11.3 Å². The number of anilines is 2. The lowest BCUT2D eigenvalue weighted by Crippen LogP contribution is -2.34. The third-order valence-corrected chi connectivity index (χ3v) is 9.96. The summed E-state index contributed by atoms with van der Waals surface area (Å²) in [7, 11) is 0. The van der Waals surface area contributed by atoms with Crippen molar-refractivity contribution in [2.75, 3.05) is 5.32 Å². The van der Waals surface area contributed by atoms with Gasteiger partial charge in [-0.15, -0.1) is 11.3 Å². The Balaban J connectivity index is 1.57. The molecule has 1 nitrogen and oxygen atoms in total. The molecule has 0 unspecified atom stereocenters. The van der Waals surface area contributed by atoms with Crippen LogP contribution in [-0.2, 0) is 21.7 Å². The van der Waals surface area contributed by atoms with E-state index in [-0.39, 0.29) is 21.7 Å². The number of benzene rings is 2. The zero-order valence-electron chi connectivity index (χ0n) is 22.1. The third-order valence-electron chi connectivity index (χ3n) is 8.95. The Kier molecular flexibility index (Phi) is 4.94. The lowest BCUT2D eigenvalue weighted by atomic mass is 9.63. The first-order valence-corrected chi connectivity index (χ1v) is 13.5. The SMILES string of the molecule is Cc1cc2c(cc1Nc1cc3cc4c(cc3s1)C(C)(C)CCC4(C)C)C(C)(C)CCC2(C)C. The highest BCUT2D eigenvalue weighted by molar-refractivity contribution is 7.22. The fraction of sp³-hybridized carbons (Fsp3) is 0.548. The van der Waals surface area contributed by atoms with Crippen LogP contribution in [0.1, 0.15) is 109 Å². The van der Waals surface area contributed by atoms with Gasteiger partial charge in [0.05, 0.1) is 5.00 Å². The molecule has 33 heavy (non-hydrogen) atoms. The van der Waals surface area contributed by atoms with Crippen LogP contribution < -0.4 is 5.32 Å². The first-order valence-electron chi connectivity index (χ1n) is 12.7. The molecule has 176 valence electrons. The van der Waals surface area contributed by atoms with Gasteiger partial charge in [-0.05, 0) is 112 Å². The van der Waals surface area contributed by atoms with Gasteiger partial charge >= 0.3 is 0 Å². The summed E-state index contributed by atoms with van der Waals surface area (Å²) in [5.41, 5.74) is 9.75. The summed E-state index contributed by atoms with van der Waals surface area (Å²) in [4.78, 5) is 0. The Hall–Kier alpha value is -1.80. The number of rotatable bonds is 2. The number of nitrogens with one attached hydrogen (secondary N) is 1. The van der Waals surface area contributed by atoms with Gasteiger partial charge in [0.1, 0.15) is 0 Å². The van der Waals surface area contributed by atoms with Crippen molar-refractivity contribution < 1.29 is 0 Å². The molecule has 0 saturated heterocycles. The third kappa shape index (κ3) is 3.73. The van der Waals surface area contributed by atoms with Gasteiger partial charge < -0.3 is 5.32 Å². The van der Waals surface area contributed by atoms with Crippen molar-refractivity contribution in [1.82, 2.24) is 0 Å². The van der Waals surface area contributed by atoms with E-state index in [4.69, 9.17) is 0 Å². The van der Waals surface area contributed by atoms with Crippen LogP contribution in [-0.4, -0.2) is 0 Å². The van der Waals surface area contributed by atoms with Crippen molar-refractivity contribution in [3.63, 3.8) is 0 Å². The summed E-state index contributed by atoms with van der Waals surface area (Å²) in [6.45, 7) is 21.6. The molecule has 2 aliphatic rings. The molecule has 0 radical (unpaired) electrons. The summed E-state index contributed by atoms with van der Waals surface area (Å²) >= 11 is 1.90. The van der Waals surface area contributed by atoms with Crippen molar-refractivity contribution in [1.29, 1.82) is 0 Å². The Labute approximate surface area is 205 Å². The van der Waals surface area contributed by atoms with Gasteiger partial charge in [-0.3, -0.25) is 0 Å². The largest absolute Gasteiger partial charge is 0.347 e. The Morgan fingerprint density at radius 1 is 0.606 bits per heavy atom. The maximum Gasteiger partial charge on any atom is 0.0939 e. The van der Waals surface area contributed by atoms with Crippen molar-refractivity contribution in [3.05, 3.63) is 58.1 Å². The summed E-state index contributed by atoms with van der Waals surface area (Å²) < 4.78 is 1.40. The van der Waals surface area contributed by atoms with Gasteiger partial charge in [-0.2, -0.15) is 0 Å². The number of thiophene rings is 1. The summed E-state index contributed by atoms with van der Waals surface area (Å²) in [6, 6.07) is 12.3. The second-order valence-corrected chi connectivity index (χ2v) is 14.5. The summed E-state index contributed by atoms with van der Waals surface area (Å²) in [5, 5.41) is 6.46. The minimum Gasteiger partial charge on any atom is -0.347 e. The molecular weight excluding hydrogens is 418 g/mol. The lowest BCUT2D eigenvalue weighted by molar-refractivity contribution is 0.332. The van der Waals surface area contributed by atoms with Crippen LogP contribution in [0.2, 0.25) is 0 Å². The average molecular weight is 460 g/mol. The smallest absolute Gasteiger partial charge is 0.0939 e. The Bertz CT molecular complexity index is 1200. The number of hydrogen-bond acceptors (Lipinski definition) is 2.